The molecule has 7 rings (SSSR count). The lowest BCUT2D eigenvalue weighted by Gasteiger charge is -2.25. The molecule has 0 radical (unpaired) electrons. The van der Waals surface area contributed by atoms with Crippen LogP contribution in [0.15, 0.2) is 6.20 Å². The van der Waals surface area contributed by atoms with Crippen LogP contribution >= 0.6 is 11.3 Å². The van der Waals surface area contributed by atoms with E-state index in [0.29, 0.717) is 36.1 Å². The molecule has 0 bridgehead atoms. The highest BCUT2D eigenvalue weighted by Crippen LogP contribution is 2.48. The Labute approximate surface area is 296 Å². The van der Waals surface area contributed by atoms with Gasteiger partial charge in [-0.1, -0.05) is 0 Å². The maximum Gasteiger partial charge on any atom is 0.412 e. The summed E-state index contributed by atoms with van der Waals surface area (Å²) in [6.07, 6.45) is 3.36. The van der Waals surface area contributed by atoms with Crippen LogP contribution in [-0.4, -0.2) is 77.3 Å². The molecule has 3 aromatic heterocycles. The third kappa shape index (κ3) is 6.73. The molecule has 0 spiro atoms. The van der Waals surface area contributed by atoms with Crippen molar-refractivity contribution in [2.75, 3.05) is 44.4 Å². The van der Waals surface area contributed by atoms with Crippen LogP contribution in [-0.2, 0) is 27.5 Å². The summed E-state index contributed by atoms with van der Waals surface area (Å²) in [6, 6.07) is 1.37. The van der Waals surface area contributed by atoms with Crippen molar-refractivity contribution in [3.63, 3.8) is 0 Å². The summed E-state index contributed by atoms with van der Waals surface area (Å²) in [5.41, 5.74) is -0.136. The first kappa shape index (κ1) is 34.7. The predicted octanol–water partition coefficient (Wildman–Crippen LogP) is 5.84. The number of nitrogens with zero attached hydrogens (tertiary/aromatic N) is 5. The number of hydrogen-bond donors (Lipinski definition) is 3. The van der Waals surface area contributed by atoms with Gasteiger partial charge < -0.3 is 29.7 Å². The van der Waals surface area contributed by atoms with E-state index in [4.69, 9.17) is 14.2 Å². The molecule has 1 aromatic carbocycles. The van der Waals surface area contributed by atoms with E-state index < -0.39 is 29.4 Å². The summed E-state index contributed by atoms with van der Waals surface area (Å²) in [5.74, 6) is -1.51. The molecule has 13 nitrogen and oxygen atoms in total. The summed E-state index contributed by atoms with van der Waals surface area (Å²) in [6.45, 7) is 6.81. The van der Waals surface area contributed by atoms with Gasteiger partial charge in [0.1, 0.15) is 34.0 Å². The number of carbonyl (C=O) groups is 2. The van der Waals surface area contributed by atoms with Crippen LogP contribution in [0.3, 0.4) is 0 Å². The van der Waals surface area contributed by atoms with E-state index in [0.717, 1.165) is 43.3 Å². The first-order valence-corrected chi connectivity index (χ1v) is 17.5. The van der Waals surface area contributed by atoms with Crippen LogP contribution in [0.2, 0.25) is 0 Å². The minimum absolute atomic E-state index is 0.00257. The normalized spacial score (nSPS) is 18.0. The van der Waals surface area contributed by atoms with Gasteiger partial charge in [-0.2, -0.15) is 15.2 Å². The molecule has 3 N–H and O–H groups in total. The molecule has 1 atom stereocenters. The minimum atomic E-state index is -0.832. The number of nitriles is 1. The average Bonchev–Trinajstić information content (AvgIpc) is 3.46. The number of benzene rings is 1. The minimum Gasteiger partial charge on any atom is -0.463 e. The van der Waals surface area contributed by atoms with Crippen molar-refractivity contribution in [1.82, 2.24) is 25.2 Å². The second-order valence-electron chi connectivity index (χ2n) is 14.6. The quantitative estimate of drug-likeness (QED) is 0.190. The topological polar surface area (TPSA) is 164 Å². The number of fused-ring (bicyclic) bond motifs is 4. The molecule has 5 heterocycles. The van der Waals surface area contributed by atoms with Crippen molar-refractivity contribution in [2.24, 2.45) is 5.41 Å². The molecular formula is C35H38F2N8O5S. The zero-order valence-electron chi connectivity index (χ0n) is 29.0. The summed E-state index contributed by atoms with van der Waals surface area (Å²) in [4.78, 5) is 41.2. The Kier molecular flexibility index (Phi) is 8.93. The lowest BCUT2D eigenvalue weighted by atomic mass is 9.93. The molecule has 268 valence electrons. The lowest BCUT2D eigenvalue weighted by molar-refractivity contribution is -0.123. The highest BCUT2D eigenvalue weighted by molar-refractivity contribution is 7.23. The lowest BCUT2D eigenvalue weighted by Crippen LogP contribution is -2.44. The first-order chi connectivity index (χ1) is 24.3. The SMILES string of the molecule is CN(C)CC1(COc2nc(N[C@@H]3CCCNC3=O)c3c4c(c(-c5ncc(F)c6sc(NC(=O)OC(C)(C)C)c(C#N)c56)c(F)c3n2)COC4)CC1. The van der Waals surface area contributed by atoms with Crippen molar-refractivity contribution >= 4 is 55.1 Å². The largest absolute Gasteiger partial charge is 0.463 e. The number of nitrogens with one attached hydrogen (secondary N) is 3. The predicted molar refractivity (Wildman–Crippen MR) is 187 cm³/mol. The van der Waals surface area contributed by atoms with Crippen LogP contribution in [0.25, 0.3) is 32.2 Å². The van der Waals surface area contributed by atoms with Gasteiger partial charge in [-0.25, -0.2) is 13.6 Å². The monoisotopic (exact) mass is 720 g/mol. The fraction of sp³-hybridized carbons (Fsp3) is 0.486. The number of pyridine rings is 1. The Balaban J connectivity index is 1.40. The molecular weight excluding hydrogens is 682 g/mol. The molecule has 1 saturated heterocycles. The molecule has 51 heavy (non-hydrogen) atoms. The molecule has 3 aliphatic rings. The molecule has 2 amide bonds. The number of piperidine rings is 1. The number of rotatable bonds is 9. The van der Waals surface area contributed by atoms with Gasteiger partial charge in [0.25, 0.3) is 0 Å². The molecule has 2 fully saturated rings. The number of amides is 2. The Morgan fingerprint density at radius 3 is 2.67 bits per heavy atom. The van der Waals surface area contributed by atoms with E-state index in [1.807, 2.05) is 20.2 Å². The zero-order chi connectivity index (χ0) is 36.2. The number of anilines is 2. The van der Waals surface area contributed by atoms with E-state index in [9.17, 15) is 14.9 Å². The fourth-order valence-electron chi connectivity index (χ4n) is 6.77. The molecule has 1 aliphatic carbocycles. The van der Waals surface area contributed by atoms with E-state index in [-0.39, 0.29) is 73.8 Å². The standard InChI is InChI=1S/C35H38F2N8O5S/c1-34(2,3)50-33(47)44-31-17(11-38)23-26(40-12-20(36)28(23)51-31)22-18-13-48-14-19(18)24-27(25(22)37)42-32(49-16-35(8-9-35)15-45(4)5)43-29(24)41-21-7-6-10-39-30(21)46/h12,21H,6-10,13-16H2,1-5H3,(H,39,46)(H,44,47)(H,41,42,43)/t21-/m1/s1. The van der Waals surface area contributed by atoms with Crippen LogP contribution in [0.4, 0.5) is 24.4 Å². The van der Waals surface area contributed by atoms with Crippen molar-refractivity contribution < 1.29 is 32.6 Å². The van der Waals surface area contributed by atoms with Crippen LogP contribution in [0.1, 0.15) is 63.1 Å². The van der Waals surface area contributed by atoms with Gasteiger partial charge in [0, 0.05) is 29.5 Å². The first-order valence-electron chi connectivity index (χ1n) is 16.7. The Bertz CT molecular complexity index is 2120. The van der Waals surface area contributed by atoms with E-state index in [1.165, 1.54) is 0 Å². The second kappa shape index (κ2) is 13.1. The van der Waals surface area contributed by atoms with Gasteiger partial charge in [-0.15, -0.1) is 11.3 Å². The fourth-order valence-corrected chi connectivity index (χ4v) is 7.80. The van der Waals surface area contributed by atoms with Gasteiger partial charge in [-0.3, -0.25) is 15.1 Å². The number of thiophene rings is 1. The van der Waals surface area contributed by atoms with Gasteiger partial charge in [-0.05, 0) is 71.7 Å². The van der Waals surface area contributed by atoms with Crippen molar-refractivity contribution in [3.8, 4) is 23.3 Å². The number of ether oxygens (including phenoxy) is 3. The summed E-state index contributed by atoms with van der Waals surface area (Å²) in [7, 11) is 3.98. The Morgan fingerprint density at radius 1 is 1.22 bits per heavy atom. The van der Waals surface area contributed by atoms with Crippen molar-refractivity contribution in [2.45, 2.75) is 71.3 Å². The van der Waals surface area contributed by atoms with Gasteiger partial charge in [0.2, 0.25) is 5.91 Å². The van der Waals surface area contributed by atoms with Crippen LogP contribution < -0.4 is 20.7 Å². The van der Waals surface area contributed by atoms with E-state index in [2.05, 4.69) is 35.8 Å². The maximum atomic E-state index is 17.3. The van der Waals surface area contributed by atoms with Crippen LogP contribution in [0.5, 0.6) is 6.01 Å². The summed E-state index contributed by atoms with van der Waals surface area (Å²) in [5, 5.41) is 19.3. The van der Waals surface area contributed by atoms with Gasteiger partial charge in [0.15, 0.2) is 11.6 Å². The van der Waals surface area contributed by atoms with Gasteiger partial charge >= 0.3 is 12.1 Å². The molecule has 1 saturated carbocycles. The summed E-state index contributed by atoms with van der Waals surface area (Å²) < 4.78 is 50.1. The Morgan fingerprint density at radius 2 is 1.98 bits per heavy atom. The van der Waals surface area contributed by atoms with Crippen molar-refractivity contribution in [3.05, 3.63) is 34.5 Å². The number of carbonyl (C=O) groups excluding carboxylic acids is 2. The summed E-state index contributed by atoms with van der Waals surface area (Å²) >= 11 is 0.824. The highest BCUT2D eigenvalue weighted by atomic mass is 32.1. The number of aromatic nitrogens is 3. The average molecular weight is 721 g/mol. The highest BCUT2D eigenvalue weighted by Gasteiger charge is 2.44. The number of hydrogen-bond acceptors (Lipinski definition) is 12. The zero-order valence-corrected chi connectivity index (χ0v) is 29.8. The third-order valence-electron chi connectivity index (χ3n) is 9.12. The second-order valence-corrected chi connectivity index (χ2v) is 15.6. The molecule has 16 heteroatoms. The van der Waals surface area contributed by atoms with E-state index in [1.54, 1.807) is 20.8 Å². The number of halogens is 2. The van der Waals surface area contributed by atoms with Crippen molar-refractivity contribution in [1.29, 1.82) is 5.26 Å². The molecule has 4 aromatic rings. The Hall–Kier alpha value is -4.72. The van der Waals surface area contributed by atoms with E-state index >= 15 is 8.78 Å². The molecule has 0 unspecified atom stereocenters. The third-order valence-corrected chi connectivity index (χ3v) is 10.2. The van der Waals surface area contributed by atoms with Gasteiger partial charge in [0.05, 0.1) is 47.4 Å². The van der Waals surface area contributed by atoms with Crippen LogP contribution in [0, 0.1) is 28.4 Å². The smallest absolute Gasteiger partial charge is 0.412 e. The maximum absolute atomic E-state index is 17.3. The molecule has 2 aliphatic heterocycles.